The molecule has 0 radical (unpaired) electrons. The molecule has 1 unspecified atom stereocenters. The molecule has 0 aliphatic heterocycles. The molecule has 12 heavy (non-hydrogen) atoms. The Kier molecular flexibility index (Phi) is 2.68. The molecule has 1 fully saturated rings. The van der Waals surface area contributed by atoms with Gasteiger partial charge in [0.05, 0.1) is 0 Å². The lowest BCUT2D eigenvalue weighted by Gasteiger charge is -2.10. The zero-order valence-electron chi connectivity index (χ0n) is 7.20. The highest BCUT2D eigenvalue weighted by molar-refractivity contribution is 5.78. The number of hydrogen-bond acceptors (Lipinski definition) is 4. The summed E-state index contributed by atoms with van der Waals surface area (Å²) < 4.78 is 9.54. The number of rotatable bonds is 3. The van der Waals surface area contributed by atoms with Crippen LogP contribution in [0.15, 0.2) is 0 Å². The van der Waals surface area contributed by atoms with Gasteiger partial charge in [0.2, 0.25) is 0 Å². The van der Waals surface area contributed by atoms with Crippen molar-refractivity contribution < 1.29 is 19.1 Å². The fourth-order valence-corrected chi connectivity index (χ4v) is 0.743. The maximum atomic E-state index is 11.0. The van der Waals surface area contributed by atoms with Crippen LogP contribution < -0.4 is 0 Å². The van der Waals surface area contributed by atoms with Gasteiger partial charge in [-0.3, -0.25) is 4.79 Å². The van der Waals surface area contributed by atoms with Gasteiger partial charge in [-0.05, 0) is 19.8 Å². The van der Waals surface area contributed by atoms with Gasteiger partial charge in [0, 0.05) is 6.92 Å². The summed E-state index contributed by atoms with van der Waals surface area (Å²) in [7, 11) is 0. The monoisotopic (exact) mass is 172 g/mol. The van der Waals surface area contributed by atoms with E-state index in [1.54, 1.807) is 0 Å². The molecule has 68 valence electrons. The number of carbonyl (C=O) groups excluding carboxylic acids is 2. The molecule has 0 spiro atoms. The summed E-state index contributed by atoms with van der Waals surface area (Å²) in [5.74, 6) is -0.914. The lowest BCUT2D eigenvalue weighted by Crippen LogP contribution is -2.25. The zero-order valence-corrected chi connectivity index (χ0v) is 7.20. The molecular weight excluding hydrogens is 160 g/mol. The van der Waals surface area contributed by atoms with Crippen LogP contribution in [-0.2, 0) is 19.1 Å². The van der Waals surface area contributed by atoms with E-state index in [2.05, 4.69) is 4.74 Å². The first-order valence-electron chi connectivity index (χ1n) is 3.97. The summed E-state index contributed by atoms with van der Waals surface area (Å²) in [6, 6.07) is 0. The highest BCUT2D eigenvalue weighted by Crippen LogP contribution is 2.24. The lowest BCUT2D eigenvalue weighted by molar-refractivity contribution is -0.166. The standard InChI is InChI=1S/C8H12O4/c1-5(11-6(2)9)8(10)12-7-3-4-7/h5,7H,3-4H2,1-2H3. The number of esters is 2. The van der Waals surface area contributed by atoms with Crippen LogP contribution in [0.3, 0.4) is 0 Å². The predicted octanol–water partition coefficient (Wildman–Crippen LogP) is 0.644. The molecule has 0 saturated heterocycles. The topological polar surface area (TPSA) is 52.6 Å². The molecule has 4 heteroatoms. The Morgan fingerprint density at radius 1 is 1.42 bits per heavy atom. The first-order chi connectivity index (χ1) is 5.59. The Labute approximate surface area is 70.8 Å². The van der Waals surface area contributed by atoms with Gasteiger partial charge in [-0.1, -0.05) is 0 Å². The first kappa shape index (κ1) is 9.03. The average Bonchev–Trinajstić information content (AvgIpc) is 2.70. The van der Waals surface area contributed by atoms with Crippen molar-refractivity contribution in [3.8, 4) is 0 Å². The van der Waals surface area contributed by atoms with Gasteiger partial charge < -0.3 is 9.47 Å². The Hall–Kier alpha value is -1.06. The van der Waals surface area contributed by atoms with E-state index in [1.807, 2.05) is 0 Å². The summed E-state index contributed by atoms with van der Waals surface area (Å²) in [4.78, 5) is 21.5. The minimum absolute atomic E-state index is 0.0653. The third-order valence-electron chi connectivity index (χ3n) is 1.48. The van der Waals surface area contributed by atoms with Crippen molar-refractivity contribution in [1.29, 1.82) is 0 Å². The quantitative estimate of drug-likeness (QED) is 0.586. The van der Waals surface area contributed by atoms with Crippen molar-refractivity contribution in [1.82, 2.24) is 0 Å². The van der Waals surface area contributed by atoms with E-state index in [9.17, 15) is 9.59 Å². The van der Waals surface area contributed by atoms with Crippen molar-refractivity contribution >= 4 is 11.9 Å². The summed E-state index contributed by atoms with van der Waals surface area (Å²) >= 11 is 0. The molecule has 0 amide bonds. The SMILES string of the molecule is CC(=O)OC(C)C(=O)OC1CC1. The molecular formula is C8H12O4. The van der Waals surface area contributed by atoms with E-state index in [0.29, 0.717) is 0 Å². The Morgan fingerprint density at radius 2 is 2.00 bits per heavy atom. The maximum absolute atomic E-state index is 11.0. The van der Waals surface area contributed by atoms with Crippen molar-refractivity contribution in [2.45, 2.75) is 38.9 Å². The largest absolute Gasteiger partial charge is 0.460 e. The summed E-state index contributed by atoms with van der Waals surface area (Å²) in [5.41, 5.74) is 0. The molecule has 1 rings (SSSR count). The van der Waals surface area contributed by atoms with Gasteiger partial charge in [0.1, 0.15) is 6.10 Å². The molecule has 0 N–H and O–H groups in total. The van der Waals surface area contributed by atoms with Gasteiger partial charge in [0.15, 0.2) is 6.10 Å². The van der Waals surface area contributed by atoms with Crippen LogP contribution >= 0.6 is 0 Å². The van der Waals surface area contributed by atoms with E-state index in [0.717, 1.165) is 12.8 Å². The average molecular weight is 172 g/mol. The van der Waals surface area contributed by atoms with Crippen LogP contribution in [0.25, 0.3) is 0 Å². The van der Waals surface area contributed by atoms with E-state index < -0.39 is 18.0 Å². The fraction of sp³-hybridized carbons (Fsp3) is 0.750. The summed E-state index contributed by atoms with van der Waals surface area (Å²) in [5, 5.41) is 0. The van der Waals surface area contributed by atoms with Crippen LogP contribution in [0, 0.1) is 0 Å². The fourth-order valence-electron chi connectivity index (χ4n) is 0.743. The van der Waals surface area contributed by atoms with Gasteiger partial charge in [-0.25, -0.2) is 4.79 Å². The second-order valence-electron chi connectivity index (χ2n) is 2.89. The van der Waals surface area contributed by atoms with Crippen molar-refractivity contribution in [3.63, 3.8) is 0 Å². The number of hydrogen-bond donors (Lipinski definition) is 0. The van der Waals surface area contributed by atoms with Crippen LogP contribution in [0.4, 0.5) is 0 Å². The third kappa shape index (κ3) is 2.90. The molecule has 1 aliphatic carbocycles. The minimum Gasteiger partial charge on any atom is -0.460 e. The summed E-state index contributed by atoms with van der Waals surface area (Å²) in [6.07, 6.45) is 1.15. The zero-order chi connectivity index (χ0) is 9.14. The minimum atomic E-state index is -0.775. The Bertz CT molecular complexity index is 195. The van der Waals surface area contributed by atoms with Crippen molar-refractivity contribution in [2.24, 2.45) is 0 Å². The Morgan fingerprint density at radius 3 is 2.42 bits per heavy atom. The second kappa shape index (κ2) is 3.56. The van der Waals surface area contributed by atoms with E-state index >= 15 is 0 Å². The van der Waals surface area contributed by atoms with Gasteiger partial charge in [0.25, 0.3) is 0 Å². The molecule has 0 aromatic heterocycles. The molecule has 0 bridgehead atoms. The van der Waals surface area contributed by atoms with Gasteiger partial charge in [-0.15, -0.1) is 0 Å². The molecule has 1 aliphatic rings. The molecule has 0 aromatic carbocycles. The van der Waals surface area contributed by atoms with E-state index in [1.165, 1.54) is 13.8 Å². The molecule has 1 atom stereocenters. The van der Waals surface area contributed by atoms with Gasteiger partial charge >= 0.3 is 11.9 Å². The smallest absolute Gasteiger partial charge is 0.347 e. The Balaban J connectivity index is 2.24. The summed E-state index contributed by atoms with van der Waals surface area (Å²) in [6.45, 7) is 2.77. The predicted molar refractivity (Wildman–Crippen MR) is 40.3 cm³/mol. The maximum Gasteiger partial charge on any atom is 0.347 e. The molecule has 0 aromatic rings. The van der Waals surface area contributed by atoms with Crippen molar-refractivity contribution in [3.05, 3.63) is 0 Å². The van der Waals surface area contributed by atoms with Crippen LogP contribution in [0.5, 0.6) is 0 Å². The van der Waals surface area contributed by atoms with Gasteiger partial charge in [-0.2, -0.15) is 0 Å². The highest BCUT2D eigenvalue weighted by Gasteiger charge is 2.29. The van der Waals surface area contributed by atoms with E-state index in [4.69, 9.17) is 4.74 Å². The number of ether oxygens (including phenoxy) is 2. The number of carbonyl (C=O) groups is 2. The van der Waals surface area contributed by atoms with E-state index in [-0.39, 0.29) is 6.10 Å². The van der Waals surface area contributed by atoms with Crippen molar-refractivity contribution in [2.75, 3.05) is 0 Å². The first-order valence-corrected chi connectivity index (χ1v) is 3.97. The lowest BCUT2D eigenvalue weighted by atomic mass is 10.4. The van der Waals surface area contributed by atoms with Crippen LogP contribution in [0.1, 0.15) is 26.7 Å². The van der Waals surface area contributed by atoms with Crippen LogP contribution in [0.2, 0.25) is 0 Å². The third-order valence-corrected chi connectivity index (χ3v) is 1.48. The normalized spacial score (nSPS) is 18.2. The second-order valence-corrected chi connectivity index (χ2v) is 2.89. The van der Waals surface area contributed by atoms with Crippen LogP contribution in [-0.4, -0.2) is 24.1 Å². The molecule has 4 nitrogen and oxygen atoms in total. The molecule has 0 heterocycles. The molecule has 1 saturated carbocycles. The highest BCUT2D eigenvalue weighted by atomic mass is 16.6.